The number of cyclic esters (lactones) is 1. The lowest BCUT2D eigenvalue weighted by Crippen LogP contribution is -2.43. The van der Waals surface area contributed by atoms with Gasteiger partial charge >= 0.3 is 5.97 Å². The predicted molar refractivity (Wildman–Crippen MR) is 78.2 cm³/mol. The number of nitrogens with two attached hydrogens (primary N) is 1. The molecule has 0 aromatic heterocycles. The SMILES string of the molecule is CC(C)[C@]1(CCc2ccc(N)cc2)CC(O)=CC(=O)O1. The molecular formula is C16H21NO3. The third-order valence-electron chi connectivity index (χ3n) is 3.94. The Morgan fingerprint density at radius 1 is 1.35 bits per heavy atom. The van der Waals surface area contributed by atoms with Gasteiger partial charge in [0.25, 0.3) is 0 Å². The van der Waals surface area contributed by atoms with E-state index in [1.165, 1.54) is 0 Å². The van der Waals surface area contributed by atoms with Crippen molar-refractivity contribution in [2.75, 3.05) is 5.73 Å². The van der Waals surface area contributed by atoms with Crippen LogP contribution in [-0.4, -0.2) is 16.7 Å². The van der Waals surface area contributed by atoms with Crippen LogP contribution < -0.4 is 5.73 Å². The monoisotopic (exact) mass is 275 g/mol. The number of carbonyl (C=O) groups is 1. The van der Waals surface area contributed by atoms with Crippen LogP contribution in [-0.2, 0) is 16.0 Å². The maximum atomic E-state index is 11.6. The first kappa shape index (κ1) is 14.4. The standard InChI is InChI=1S/C16H21NO3/c1-11(2)16(10-14(18)9-15(19)20-16)8-7-12-3-5-13(17)6-4-12/h3-6,9,11,18H,7-8,10,17H2,1-2H3/t16-/m0/s1. The van der Waals surface area contributed by atoms with Gasteiger partial charge in [0.2, 0.25) is 0 Å². The summed E-state index contributed by atoms with van der Waals surface area (Å²) >= 11 is 0. The summed E-state index contributed by atoms with van der Waals surface area (Å²) in [7, 11) is 0. The molecule has 1 aliphatic heterocycles. The van der Waals surface area contributed by atoms with Crippen LogP contribution in [0.15, 0.2) is 36.1 Å². The molecule has 4 heteroatoms. The Kier molecular flexibility index (Phi) is 4.02. The van der Waals surface area contributed by atoms with E-state index in [0.29, 0.717) is 12.8 Å². The molecule has 0 spiro atoms. The molecule has 108 valence electrons. The molecule has 0 saturated carbocycles. The zero-order valence-corrected chi connectivity index (χ0v) is 11.9. The Morgan fingerprint density at radius 2 is 2.00 bits per heavy atom. The van der Waals surface area contributed by atoms with Gasteiger partial charge in [-0.2, -0.15) is 0 Å². The summed E-state index contributed by atoms with van der Waals surface area (Å²) in [5.41, 5.74) is 6.91. The van der Waals surface area contributed by atoms with Crippen molar-refractivity contribution in [3.05, 3.63) is 41.7 Å². The minimum absolute atomic E-state index is 0.104. The molecule has 2 rings (SSSR count). The highest BCUT2D eigenvalue weighted by molar-refractivity contribution is 5.83. The van der Waals surface area contributed by atoms with Crippen LogP contribution in [0, 0.1) is 5.92 Å². The second kappa shape index (κ2) is 5.57. The number of aliphatic hydroxyl groups excluding tert-OH is 1. The van der Waals surface area contributed by atoms with Crippen molar-refractivity contribution >= 4 is 11.7 Å². The Bertz CT molecular complexity index is 519. The van der Waals surface area contributed by atoms with Crippen LogP contribution in [0.5, 0.6) is 0 Å². The van der Waals surface area contributed by atoms with Crippen molar-refractivity contribution < 1.29 is 14.6 Å². The Hall–Kier alpha value is -1.97. The van der Waals surface area contributed by atoms with Crippen LogP contribution >= 0.6 is 0 Å². The third kappa shape index (κ3) is 3.13. The van der Waals surface area contributed by atoms with E-state index >= 15 is 0 Å². The van der Waals surface area contributed by atoms with Gasteiger partial charge in [0.1, 0.15) is 11.4 Å². The number of carbonyl (C=O) groups excluding carboxylic acids is 1. The fraction of sp³-hybridized carbons (Fsp3) is 0.438. The van der Waals surface area contributed by atoms with E-state index in [9.17, 15) is 9.90 Å². The number of rotatable bonds is 4. The predicted octanol–water partition coefficient (Wildman–Crippen LogP) is 2.99. The molecule has 1 aliphatic rings. The fourth-order valence-electron chi connectivity index (χ4n) is 2.55. The molecule has 4 nitrogen and oxygen atoms in total. The van der Waals surface area contributed by atoms with Crippen molar-refractivity contribution in [3.63, 3.8) is 0 Å². The van der Waals surface area contributed by atoms with E-state index in [4.69, 9.17) is 10.5 Å². The molecule has 3 N–H and O–H groups in total. The molecule has 1 aromatic rings. The van der Waals surface area contributed by atoms with E-state index in [2.05, 4.69) is 0 Å². The van der Waals surface area contributed by atoms with Crippen LogP contribution in [0.4, 0.5) is 5.69 Å². The van der Waals surface area contributed by atoms with Gasteiger partial charge in [0.15, 0.2) is 0 Å². The third-order valence-corrected chi connectivity index (χ3v) is 3.94. The summed E-state index contributed by atoms with van der Waals surface area (Å²) in [5, 5.41) is 9.74. The van der Waals surface area contributed by atoms with Gasteiger partial charge in [-0.15, -0.1) is 0 Å². The largest absolute Gasteiger partial charge is 0.512 e. The first-order valence-electron chi connectivity index (χ1n) is 6.88. The summed E-state index contributed by atoms with van der Waals surface area (Å²) in [4.78, 5) is 11.6. The zero-order valence-electron chi connectivity index (χ0n) is 11.9. The summed E-state index contributed by atoms with van der Waals surface area (Å²) in [6.45, 7) is 4.02. The summed E-state index contributed by atoms with van der Waals surface area (Å²) in [6, 6.07) is 7.68. The van der Waals surface area contributed by atoms with E-state index in [1.807, 2.05) is 38.1 Å². The summed E-state index contributed by atoms with van der Waals surface area (Å²) < 4.78 is 5.55. The maximum Gasteiger partial charge on any atom is 0.334 e. The average Bonchev–Trinajstić information content (AvgIpc) is 2.37. The highest BCUT2D eigenvalue weighted by atomic mass is 16.6. The van der Waals surface area contributed by atoms with Crippen LogP contribution in [0.3, 0.4) is 0 Å². The molecule has 0 aliphatic carbocycles. The summed E-state index contributed by atoms with van der Waals surface area (Å²) in [6.07, 6.45) is 2.99. The number of nitrogen functional groups attached to an aromatic ring is 1. The van der Waals surface area contributed by atoms with Gasteiger partial charge in [-0.05, 0) is 36.5 Å². The number of hydrogen-bond acceptors (Lipinski definition) is 4. The first-order chi connectivity index (χ1) is 9.41. The maximum absolute atomic E-state index is 11.6. The average molecular weight is 275 g/mol. The van der Waals surface area contributed by atoms with Gasteiger partial charge in [0, 0.05) is 12.1 Å². The Labute approximate surface area is 119 Å². The number of hydrogen-bond donors (Lipinski definition) is 2. The molecule has 0 amide bonds. The van der Waals surface area contributed by atoms with E-state index in [1.54, 1.807) is 0 Å². The normalized spacial score (nSPS) is 22.6. The van der Waals surface area contributed by atoms with Gasteiger partial charge in [-0.3, -0.25) is 0 Å². The van der Waals surface area contributed by atoms with Crippen molar-refractivity contribution in [1.29, 1.82) is 0 Å². The van der Waals surface area contributed by atoms with Crippen LogP contribution in [0.25, 0.3) is 0 Å². The number of ether oxygens (including phenoxy) is 1. The van der Waals surface area contributed by atoms with Gasteiger partial charge in [-0.1, -0.05) is 26.0 Å². The van der Waals surface area contributed by atoms with Crippen LogP contribution in [0.1, 0.15) is 32.3 Å². The minimum atomic E-state index is -0.628. The zero-order chi connectivity index (χ0) is 14.8. The quantitative estimate of drug-likeness (QED) is 0.654. The van der Waals surface area contributed by atoms with Crippen molar-refractivity contribution in [2.24, 2.45) is 5.92 Å². The second-order valence-electron chi connectivity index (χ2n) is 5.69. The Balaban J connectivity index is 2.12. The topological polar surface area (TPSA) is 72.5 Å². The number of anilines is 1. The molecule has 0 radical (unpaired) electrons. The molecule has 1 heterocycles. The molecule has 1 atom stereocenters. The molecule has 1 aromatic carbocycles. The number of esters is 1. The van der Waals surface area contributed by atoms with Gasteiger partial charge < -0.3 is 15.6 Å². The molecular weight excluding hydrogens is 254 g/mol. The van der Waals surface area contributed by atoms with E-state index in [0.717, 1.165) is 23.7 Å². The second-order valence-corrected chi connectivity index (χ2v) is 5.69. The van der Waals surface area contributed by atoms with Crippen molar-refractivity contribution in [2.45, 2.75) is 38.7 Å². The smallest absolute Gasteiger partial charge is 0.334 e. The summed E-state index contributed by atoms with van der Waals surface area (Å²) in [5.74, 6) is -0.219. The lowest BCUT2D eigenvalue weighted by atomic mass is 9.80. The molecule has 0 unspecified atom stereocenters. The van der Waals surface area contributed by atoms with Crippen molar-refractivity contribution in [3.8, 4) is 0 Å². The lowest BCUT2D eigenvalue weighted by molar-refractivity contribution is -0.163. The molecule has 0 saturated heterocycles. The molecule has 20 heavy (non-hydrogen) atoms. The minimum Gasteiger partial charge on any atom is -0.512 e. The van der Waals surface area contributed by atoms with Crippen molar-refractivity contribution in [1.82, 2.24) is 0 Å². The Morgan fingerprint density at radius 3 is 2.55 bits per heavy atom. The highest BCUT2D eigenvalue weighted by Crippen LogP contribution is 2.36. The molecule has 0 bridgehead atoms. The number of aliphatic hydroxyl groups is 1. The lowest BCUT2D eigenvalue weighted by Gasteiger charge is -2.39. The molecule has 0 fully saturated rings. The van der Waals surface area contributed by atoms with Gasteiger partial charge in [-0.25, -0.2) is 4.79 Å². The highest BCUT2D eigenvalue weighted by Gasteiger charge is 2.40. The van der Waals surface area contributed by atoms with Crippen LogP contribution in [0.2, 0.25) is 0 Å². The van der Waals surface area contributed by atoms with Gasteiger partial charge in [0.05, 0.1) is 6.08 Å². The van der Waals surface area contributed by atoms with E-state index in [-0.39, 0.29) is 11.7 Å². The first-order valence-corrected chi connectivity index (χ1v) is 6.88. The van der Waals surface area contributed by atoms with E-state index < -0.39 is 11.6 Å². The number of benzene rings is 1. The number of aryl methyl sites for hydroxylation is 1. The fourth-order valence-corrected chi connectivity index (χ4v) is 2.55.